The Bertz CT molecular complexity index is 1890. The van der Waals surface area contributed by atoms with E-state index in [1.54, 1.807) is 0 Å². The molecule has 2 aromatic carbocycles. The predicted octanol–water partition coefficient (Wildman–Crippen LogP) is 7.99. The van der Waals surface area contributed by atoms with E-state index in [9.17, 15) is 50.2 Å². The van der Waals surface area contributed by atoms with E-state index in [0.29, 0.717) is 44.5 Å². The van der Waals surface area contributed by atoms with Gasteiger partial charge in [0.15, 0.2) is 0 Å². The molecule has 0 saturated carbocycles. The molecular weight excluding hydrogens is 718 g/mol. The number of rotatable bonds is 6. The predicted molar refractivity (Wildman–Crippen MR) is 177 cm³/mol. The molecule has 0 aliphatic carbocycles. The van der Waals surface area contributed by atoms with E-state index in [0.717, 1.165) is 41.8 Å². The van der Waals surface area contributed by atoms with Crippen LogP contribution >= 0.6 is 0 Å². The number of nitrogens with zero attached hydrogens (tertiary/aromatic N) is 2. The molecule has 1 amide bonds. The summed E-state index contributed by atoms with van der Waals surface area (Å²) in [6.07, 6.45) is -7.24. The molecule has 16 heteroatoms. The van der Waals surface area contributed by atoms with Crippen LogP contribution in [0.25, 0.3) is 11.1 Å². The summed E-state index contributed by atoms with van der Waals surface area (Å²) < 4.78 is 123. The minimum absolute atomic E-state index is 0.000364. The van der Waals surface area contributed by atoms with Crippen LogP contribution in [-0.2, 0) is 28.4 Å². The van der Waals surface area contributed by atoms with Crippen LogP contribution in [0.2, 0.25) is 0 Å². The number of fused-ring (bicyclic) bond motifs is 4. The van der Waals surface area contributed by atoms with Crippen molar-refractivity contribution >= 4 is 11.9 Å². The van der Waals surface area contributed by atoms with Gasteiger partial charge in [-0.05, 0) is 87.0 Å². The van der Waals surface area contributed by atoms with Gasteiger partial charge in [-0.2, -0.15) is 26.3 Å². The molecule has 3 aromatic rings. The van der Waals surface area contributed by atoms with Crippen LogP contribution < -0.4 is 15.6 Å². The highest BCUT2D eigenvalue weighted by molar-refractivity contribution is 5.82. The standard InChI is InChI=1S/C37H39F8N3O5/c1-21-14-24(38)17-30-33(21)23-15-25(34(39)27(16-23)37(43,44)45)28(19-32(50)51)46-35(52)29(8-4-2-3-7-13-53-30)48-20-22(9-12-47-10-5-6-11-47)26(18-31(48)49)36(40,41)42/h14-18,20,28-29H,2-13,19H2,1H3,(H,46,52)(H,50,51)/t28-,29-/m0/s1. The Hall–Kier alpha value is -4.47. The second-order valence-electron chi connectivity index (χ2n) is 13.5. The first kappa shape index (κ1) is 39.7. The number of hydrogen-bond acceptors (Lipinski definition) is 5. The average molecular weight is 758 g/mol. The van der Waals surface area contributed by atoms with E-state index in [2.05, 4.69) is 5.32 Å². The smallest absolute Gasteiger partial charge is 0.419 e. The van der Waals surface area contributed by atoms with Crippen molar-refractivity contribution in [3.8, 4) is 16.9 Å². The molecule has 53 heavy (non-hydrogen) atoms. The van der Waals surface area contributed by atoms with Crippen LogP contribution in [0, 0.1) is 18.6 Å². The maximum absolute atomic E-state index is 15.9. The van der Waals surface area contributed by atoms with Gasteiger partial charge >= 0.3 is 18.3 Å². The van der Waals surface area contributed by atoms with Gasteiger partial charge in [-0.15, -0.1) is 0 Å². The first-order valence-corrected chi connectivity index (χ1v) is 17.3. The molecule has 5 rings (SSSR count). The lowest BCUT2D eigenvalue weighted by Gasteiger charge is -2.27. The molecule has 3 heterocycles. The summed E-state index contributed by atoms with van der Waals surface area (Å²) in [5, 5.41) is 12.1. The third-order valence-corrected chi connectivity index (χ3v) is 9.66. The summed E-state index contributed by atoms with van der Waals surface area (Å²) in [4.78, 5) is 41.5. The van der Waals surface area contributed by atoms with Crippen molar-refractivity contribution in [2.45, 2.75) is 89.1 Å². The van der Waals surface area contributed by atoms with Crippen LogP contribution in [0.5, 0.6) is 5.75 Å². The minimum atomic E-state index is -5.30. The number of hydrogen-bond donors (Lipinski definition) is 2. The van der Waals surface area contributed by atoms with E-state index in [4.69, 9.17) is 4.74 Å². The molecular formula is C37H39F8N3O5. The van der Waals surface area contributed by atoms with Crippen molar-refractivity contribution in [1.82, 2.24) is 14.8 Å². The Morgan fingerprint density at radius 1 is 0.906 bits per heavy atom. The second-order valence-corrected chi connectivity index (χ2v) is 13.5. The normalized spacial score (nSPS) is 19.4. The summed E-state index contributed by atoms with van der Waals surface area (Å²) in [6.45, 7) is 3.05. The number of benzene rings is 2. The molecule has 2 aliphatic heterocycles. The third kappa shape index (κ3) is 9.56. The number of ether oxygens (including phenoxy) is 1. The third-order valence-electron chi connectivity index (χ3n) is 9.66. The lowest BCUT2D eigenvalue weighted by atomic mass is 9.91. The first-order valence-electron chi connectivity index (χ1n) is 17.3. The molecule has 8 nitrogen and oxygen atoms in total. The number of carboxylic acid groups (broad SMARTS) is 1. The van der Waals surface area contributed by atoms with E-state index < -0.39 is 76.6 Å². The zero-order valence-electron chi connectivity index (χ0n) is 28.8. The van der Waals surface area contributed by atoms with Gasteiger partial charge in [0.25, 0.3) is 5.56 Å². The number of likely N-dealkylation sites (tertiary alicyclic amines) is 1. The molecule has 1 saturated heterocycles. The van der Waals surface area contributed by atoms with Crippen molar-refractivity contribution in [3.63, 3.8) is 0 Å². The zero-order valence-corrected chi connectivity index (χ0v) is 28.8. The Morgan fingerprint density at radius 2 is 1.58 bits per heavy atom. The van der Waals surface area contributed by atoms with Gasteiger partial charge in [-0.25, -0.2) is 8.78 Å². The number of aromatic nitrogens is 1. The Morgan fingerprint density at radius 3 is 2.25 bits per heavy atom. The van der Waals surface area contributed by atoms with E-state index in [1.807, 2.05) is 4.90 Å². The SMILES string of the molecule is Cc1cc(F)cc2c1-c1cc(c(F)c(C(F)(F)F)c1)[C@H](CC(=O)O)NC(=O)[C@@H](n1cc(CCN3CCCC3)c(C(F)(F)F)cc1=O)CCCCCCO2. The molecule has 1 aromatic heterocycles. The van der Waals surface area contributed by atoms with Gasteiger partial charge in [-0.3, -0.25) is 14.4 Å². The highest BCUT2D eigenvalue weighted by Crippen LogP contribution is 2.42. The van der Waals surface area contributed by atoms with Gasteiger partial charge in [0, 0.05) is 36.0 Å². The topological polar surface area (TPSA) is 101 Å². The number of alkyl halides is 6. The lowest BCUT2D eigenvalue weighted by Crippen LogP contribution is -2.40. The fourth-order valence-electron chi connectivity index (χ4n) is 7.08. The molecule has 0 unspecified atom stereocenters. The second kappa shape index (κ2) is 16.3. The van der Waals surface area contributed by atoms with Crippen molar-refractivity contribution in [1.29, 1.82) is 0 Å². The van der Waals surface area contributed by atoms with Gasteiger partial charge < -0.3 is 24.6 Å². The number of aryl methyl sites for hydroxylation is 1. The number of halogens is 8. The number of pyridine rings is 1. The Balaban J connectivity index is 1.65. The lowest BCUT2D eigenvalue weighted by molar-refractivity contribution is -0.140. The molecule has 288 valence electrons. The summed E-state index contributed by atoms with van der Waals surface area (Å²) in [5.74, 6) is -5.47. The summed E-state index contributed by atoms with van der Waals surface area (Å²) in [5.41, 5.74) is -5.41. The minimum Gasteiger partial charge on any atom is -0.493 e. The molecule has 0 radical (unpaired) electrons. The number of carbonyl (C=O) groups excluding carboxylic acids is 1. The fraction of sp³-hybridized carbons (Fsp3) is 0.486. The fourth-order valence-corrected chi connectivity index (χ4v) is 7.08. The van der Waals surface area contributed by atoms with E-state index in [-0.39, 0.29) is 60.4 Å². The molecule has 0 spiro atoms. The number of nitrogens with one attached hydrogen (secondary N) is 1. The highest BCUT2D eigenvalue weighted by atomic mass is 19.4. The number of amides is 1. The summed E-state index contributed by atoms with van der Waals surface area (Å²) in [7, 11) is 0. The summed E-state index contributed by atoms with van der Waals surface area (Å²) >= 11 is 0. The molecule has 2 N–H and O–H groups in total. The van der Waals surface area contributed by atoms with Crippen molar-refractivity contribution < 1.29 is 54.6 Å². The van der Waals surface area contributed by atoms with Crippen LogP contribution in [0.15, 0.2) is 41.3 Å². The van der Waals surface area contributed by atoms with Gasteiger partial charge in [0.1, 0.15) is 23.4 Å². The quantitative estimate of drug-likeness (QED) is 0.248. The van der Waals surface area contributed by atoms with Crippen LogP contribution in [0.1, 0.15) is 91.3 Å². The maximum atomic E-state index is 15.9. The molecule has 2 atom stereocenters. The Labute approximate surface area is 299 Å². The van der Waals surface area contributed by atoms with Gasteiger partial charge in [-0.1, -0.05) is 19.3 Å². The summed E-state index contributed by atoms with van der Waals surface area (Å²) in [6, 6.07) is 0.356. The van der Waals surface area contributed by atoms with Crippen molar-refractivity contribution in [2.24, 2.45) is 0 Å². The van der Waals surface area contributed by atoms with E-state index >= 15 is 4.39 Å². The highest BCUT2D eigenvalue weighted by Gasteiger charge is 2.39. The van der Waals surface area contributed by atoms with Crippen molar-refractivity contribution in [2.75, 3.05) is 26.2 Å². The monoisotopic (exact) mass is 757 g/mol. The molecule has 1 fully saturated rings. The zero-order chi connectivity index (χ0) is 38.7. The first-order chi connectivity index (χ1) is 24.9. The van der Waals surface area contributed by atoms with Crippen LogP contribution in [0.4, 0.5) is 35.1 Å². The maximum Gasteiger partial charge on any atom is 0.419 e. The molecule has 2 bridgehead atoms. The van der Waals surface area contributed by atoms with Crippen LogP contribution in [-0.4, -0.2) is 52.7 Å². The van der Waals surface area contributed by atoms with Crippen molar-refractivity contribution in [3.05, 3.63) is 86.3 Å². The molecule has 2 aliphatic rings. The van der Waals surface area contributed by atoms with Gasteiger partial charge in [0.2, 0.25) is 5.91 Å². The van der Waals surface area contributed by atoms with Gasteiger partial charge in [0.05, 0.1) is 30.2 Å². The van der Waals surface area contributed by atoms with Crippen LogP contribution in [0.3, 0.4) is 0 Å². The van der Waals surface area contributed by atoms with E-state index in [1.165, 1.54) is 6.92 Å². The Kier molecular flexibility index (Phi) is 12.2. The largest absolute Gasteiger partial charge is 0.493 e. The number of carboxylic acids is 1. The number of aliphatic carboxylic acids is 1. The number of carbonyl (C=O) groups is 2. The average Bonchev–Trinajstić information content (AvgIpc) is 3.57.